The molecule has 0 amide bonds. The molecule has 0 unspecified atom stereocenters. The third-order valence-corrected chi connectivity index (χ3v) is 14.2. The first kappa shape index (κ1) is 37.0. The van der Waals surface area contributed by atoms with Crippen LogP contribution in [0.2, 0.25) is 0 Å². The molecular weight excluding hydrogens is 777 g/mol. The van der Waals surface area contributed by atoms with Gasteiger partial charge in [-0.15, -0.1) is 0 Å². The summed E-state index contributed by atoms with van der Waals surface area (Å²) in [5, 5.41) is 9.02. The number of benzene rings is 8. The highest BCUT2D eigenvalue weighted by Crippen LogP contribution is 2.51. The van der Waals surface area contributed by atoms with Crippen molar-refractivity contribution in [2.24, 2.45) is 0 Å². The summed E-state index contributed by atoms with van der Waals surface area (Å²) < 4.78 is 5.18. The molecule has 0 saturated heterocycles. The van der Waals surface area contributed by atoms with E-state index in [2.05, 4.69) is 228 Å². The first-order valence-corrected chi connectivity index (χ1v) is 23.0. The van der Waals surface area contributed by atoms with E-state index >= 15 is 0 Å². The Bertz CT molecular complexity index is 3760. The zero-order valence-electron chi connectivity index (χ0n) is 36.7. The van der Waals surface area contributed by atoms with Crippen LogP contribution in [0.15, 0.2) is 176 Å². The van der Waals surface area contributed by atoms with Crippen molar-refractivity contribution in [1.29, 1.82) is 0 Å². The number of nitrogens with zero attached hydrogens (tertiary/aromatic N) is 4. The zero-order chi connectivity index (χ0) is 42.8. The Labute approximate surface area is 373 Å². The van der Waals surface area contributed by atoms with Crippen LogP contribution in [0.3, 0.4) is 0 Å². The number of aromatic nitrogens is 2. The van der Waals surface area contributed by atoms with Crippen molar-refractivity contribution in [3.8, 4) is 0 Å². The van der Waals surface area contributed by atoms with Gasteiger partial charge in [-0.05, 0) is 115 Å². The summed E-state index contributed by atoms with van der Waals surface area (Å²) in [4.78, 5) is 4.91. The normalized spacial score (nSPS) is 13.1. The van der Waals surface area contributed by atoms with Crippen LogP contribution in [0.5, 0.6) is 0 Å². The lowest BCUT2D eigenvalue weighted by Crippen LogP contribution is -2.10. The molecule has 64 heavy (non-hydrogen) atoms. The number of aryl methyl sites for hydroxylation is 1. The second-order valence-electron chi connectivity index (χ2n) is 18.4. The van der Waals surface area contributed by atoms with E-state index in [4.69, 9.17) is 0 Å². The van der Waals surface area contributed by atoms with Crippen molar-refractivity contribution in [3.05, 3.63) is 198 Å². The highest BCUT2D eigenvalue weighted by atomic mass is 15.2. The molecule has 0 fully saturated rings. The molecule has 4 nitrogen and oxygen atoms in total. The molecule has 12 aromatic rings. The fourth-order valence-corrected chi connectivity index (χ4v) is 11.1. The quantitative estimate of drug-likeness (QED) is 0.152. The lowest BCUT2D eigenvalue weighted by molar-refractivity contribution is 0.866. The van der Waals surface area contributed by atoms with Gasteiger partial charge in [-0.1, -0.05) is 131 Å². The van der Waals surface area contributed by atoms with Crippen LogP contribution >= 0.6 is 0 Å². The SMILES string of the molecule is CC(C)c1ccc(N(c2ccccc2)c2ccc3c4cc5c(cc4n4c6c(c2c34)C=CCC6)c2ccc(N(c3ccccc3)c3ccc(C(C)C)cc3)c3c4ccccc4n5c23)cc1. The number of allylic oxidation sites excluding steroid dienone is 1. The molecule has 1 aliphatic rings. The minimum atomic E-state index is 0.465. The van der Waals surface area contributed by atoms with Gasteiger partial charge in [0.05, 0.1) is 39.0 Å². The van der Waals surface area contributed by atoms with E-state index in [1.54, 1.807) is 0 Å². The summed E-state index contributed by atoms with van der Waals surface area (Å²) in [6, 6.07) is 63.6. The smallest absolute Gasteiger partial charge is 0.0641 e. The number of hydrogen-bond acceptors (Lipinski definition) is 2. The van der Waals surface area contributed by atoms with Crippen LogP contribution in [0.25, 0.3) is 71.4 Å². The summed E-state index contributed by atoms with van der Waals surface area (Å²) >= 11 is 0. The van der Waals surface area contributed by atoms with Crippen molar-refractivity contribution in [3.63, 3.8) is 0 Å². The van der Waals surface area contributed by atoms with Gasteiger partial charge in [0.1, 0.15) is 0 Å². The highest BCUT2D eigenvalue weighted by Gasteiger charge is 2.29. The van der Waals surface area contributed by atoms with Gasteiger partial charge in [-0.25, -0.2) is 0 Å². The summed E-state index contributed by atoms with van der Waals surface area (Å²) in [7, 11) is 0. The first-order chi connectivity index (χ1) is 31.4. The van der Waals surface area contributed by atoms with Gasteiger partial charge in [0, 0.05) is 71.7 Å². The van der Waals surface area contributed by atoms with Crippen LogP contribution < -0.4 is 9.80 Å². The Kier molecular flexibility index (Phi) is 8.09. The van der Waals surface area contributed by atoms with Crippen LogP contribution in [-0.2, 0) is 6.42 Å². The maximum absolute atomic E-state index is 2.63. The van der Waals surface area contributed by atoms with Crippen LogP contribution in [0.1, 0.15) is 68.3 Å². The molecule has 0 spiro atoms. The van der Waals surface area contributed by atoms with Crippen LogP contribution in [0.4, 0.5) is 34.1 Å². The Hall–Kier alpha value is -7.56. The predicted molar refractivity (Wildman–Crippen MR) is 273 cm³/mol. The van der Waals surface area contributed by atoms with Crippen molar-refractivity contribution < 1.29 is 0 Å². The minimum Gasteiger partial charge on any atom is -0.312 e. The summed E-state index contributed by atoms with van der Waals surface area (Å²) in [6.07, 6.45) is 6.79. The van der Waals surface area contributed by atoms with Crippen LogP contribution in [0, 0.1) is 0 Å². The van der Waals surface area contributed by atoms with E-state index in [9.17, 15) is 0 Å². The average molecular weight is 825 g/mol. The molecular formula is C60H48N4. The van der Waals surface area contributed by atoms with Crippen molar-refractivity contribution in [2.75, 3.05) is 9.80 Å². The number of fused-ring (bicyclic) bond motifs is 12. The first-order valence-electron chi connectivity index (χ1n) is 23.0. The molecule has 308 valence electrons. The topological polar surface area (TPSA) is 15.3 Å². The number of hydrogen-bond donors (Lipinski definition) is 0. The summed E-state index contributed by atoms with van der Waals surface area (Å²) in [5.41, 5.74) is 18.8. The monoisotopic (exact) mass is 824 g/mol. The third kappa shape index (κ3) is 5.23. The number of para-hydroxylation sites is 3. The Morgan fingerprint density at radius 3 is 1.47 bits per heavy atom. The van der Waals surface area contributed by atoms with Gasteiger partial charge >= 0.3 is 0 Å². The summed E-state index contributed by atoms with van der Waals surface area (Å²) in [5.74, 6) is 0.935. The average Bonchev–Trinajstić information content (AvgIpc) is 4.06. The highest BCUT2D eigenvalue weighted by molar-refractivity contribution is 6.30. The lowest BCUT2D eigenvalue weighted by atomic mass is 9.97. The van der Waals surface area contributed by atoms with Gasteiger partial charge in [-0.3, -0.25) is 0 Å². The molecule has 1 aliphatic carbocycles. The van der Waals surface area contributed by atoms with Crippen LogP contribution in [-0.4, -0.2) is 8.80 Å². The molecule has 4 aromatic heterocycles. The largest absolute Gasteiger partial charge is 0.312 e. The van der Waals surface area contributed by atoms with Gasteiger partial charge in [-0.2, -0.15) is 0 Å². The maximum atomic E-state index is 2.63. The van der Waals surface area contributed by atoms with Gasteiger partial charge in [0.2, 0.25) is 0 Å². The van der Waals surface area contributed by atoms with Gasteiger partial charge in [0.25, 0.3) is 0 Å². The van der Waals surface area contributed by atoms with E-state index in [0.29, 0.717) is 11.8 Å². The molecule has 0 atom stereocenters. The van der Waals surface area contributed by atoms with Crippen molar-refractivity contribution >= 4 is 105 Å². The Morgan fingerprint density at radius 1 is 0.422 bits per heavy atom. The van der Waals surface area contributed by atoms with Gasteiger partial charge in [0.15, 0.2) is 0 Å². The molecule has 0 saturated carbocycles. The molecule has 8 aromatic carbocycles. The molecule has 0 bridgehead atoms. The van der Waals surface area contributed by atoms with E-state index < -0.39 is 0 Å². The molecule has 4 heterocycles. The zero-order valence-corrected chi connectivity index (χ0v) is 36.7. The lowest BCUT2D eigenvalue weighted by Gasteiger charge is -2.27. The number of anilines is 6. The second kappa shape index (κ2) is 14.0. The molecule has 0 aliphatic heterocycles. The van der Waals surface area contributed by atoms with Gasteiger partial charge < -0.3 is 18.6 Å². The van der Waals surface area contributed by atoms with E-state index in [-0.39, 0.29) is 0 Å². The molecule has 13 rings (SSSR count). The van der Waals surface area contributed by atoms with E-state index in [1.165, 1.54) is 105 Å². The second-order valence-corrected chi connectivity index (χ2v) is 18.4. The van der Waals surface area contributed by atoms with Crippen molar-refractivity contribution in [2.45, 2.75) is 52.4 Å². The number of rotatable bonds is 8. The molecule has 4 heteroatoms. The van der Waals surface area contributed by atoms with Crippen molar-refractivity contribution in [1.82, 2.24) is 8.80 Å². The van der Waals surface area contributed by atoms with E-state index in [1.807, 2.05) is 0 Å². The maximum Gasteiger partial charge on any atom is 0.0641 e. The standard InChI is InChI=1S/C60H48N4/c1-37(2)39-23-27-43(28-24-39)61(41-15-7-5-8-16-41)53-33-31-45-49-35-56-50(36-55(49)63-51-21-13-11-19-47(51)57(53)59(45)63)46-32-34-54(58-48-20-12-14-22-52(48)64(56)60(46)58)62(42-17-9-6-10-18-42)44-29-25-40(26-30-44)38(3)4/h5-13,15-21,23-38H,14,22H2,1-4H3. The minimum absolute atomic E-state index is 0.465. The Balaban J connectivity index is 1.09. The summed E-state index contributed by atoms with van der Waals surface area (Å²) in [6.45, 7) is 9.05. The fraction of sp³-hybridized carbons (Fsp3) is 0.133. The molecule has 0 radical (unpaired) electrons. The predicted octanol–water partition coefficient (Wildman–Crippen LogP) is 17.0. The Morgan fingerprint density at radius 2 is 0.906 bits per heavy atom. The van der Waals surface area contributed by atoms with E-state index in [0.717, 1.165) is 29.9 Å². The molecule has 0 N–H and O–H groups in total. The fourth-order valence-electron chi connectivity index (χ4n) is 11.1. The third-order valence-electron chi connectivity index (χ3n) is 14.2.